The summed E-state index contributed by atoms with van der Waals surface area (Å²) in [7, 11) is 0. The monoisotopic (exact) mass is 352 g/mol. The third-order valence-electron chi connectivity index (χ3n) is 4.98. The topological polar surface area (TPSA) is 66.9 Å². The zero-order valence-electron chi connectivity index (χ0n) is 15.7. The molecule has 1 heterocycles. The summed E-state index contributed by atoms with van der Waals surface area (Å²) < 4.78 is 0. The van der Waals surface area contributed by atoms with Gasteiger partial charge in [-0.15, -0.1) is 0 Å². The summed E-state index contributed by atoms with van der Waals surface area (Å²) in [5, 5.41) is 6.40. The molecule has 138 valence electrons. The highest BCUT2D eigenvalue weighted by molar-refractivity contribution is 5.92. The maximum Gasteiger partial charge on any atom is 0.270 e. The summed E-state index contributed by atoms with van der Waals surface area (Å²) in [4.78, 5) is 21.5. The summed E-state index contributed by atoms with van der Waals surface area (Å²) in [5.41, 5.74) is 3.65. The second-order valence-corrected chi connectivity index (χ2v) is 7.16. The average molecular weight is 352 g/mol. The molecule has 1 aliphatic carbocycles. The van der Waals surface area contributed by atoms with Crippen molar-refractivity contribution in [3.63, 3.8) is 0 Å². The van der Waals surface area contributed by atoms with Crippen LogP contribution in [0.2, 0.25) is 0 Å². The van der Waals surface area contributed by atoms with Crippen molar-refractivity contribution in [1.82, 2.24) is 15.3 Å². The molecule has 3 rings (SSSR count). The van der Waals surface area contributed by atoms with Crippen molar-refractivity contribution < 1.29 is 4.79 Å². The van der Waals surface area contributed by atoms with Crippen LogP contribution in [0.5, 0.6) is 0 Å². The van der Waals surface area contributed by atoms with Gasteiger partial charge in [0.15, 0.2) is 0 Å². The average Bonchev–Trinajstić information content (AvgIpc) is 2.89. The standard InChI is InChI=1S/C21H28N4O/c1-15-9-7-8-10-17(15)14-22-21-23-16(2)13-19(25-21)20(26)24-18-11-5-3-4-6-12-18/h7-10,13,18H,3-6,11-12,14H2,1-2H3,(H,24,26)(H,22,23,25). The van der Waals surface area contributed by atoms with Crippen molar-refractivity contribution in [2.75, 3.05) is 5.32 Å². The Balaban J connectivity index is 1.66. The van der Waals surface area contributed by atoms with Crippen LogP contribution in [0.15, 0.2) is 30.3 Å². The molecule has 5 heteroatoms. The first-order valence-corrected chi connectivity index (χ1v) is 9.57. The summed E-state index contributed by atoms with van der Waals surface area (Å²) in [6.07, 6.45) is 7.05. The van der Waals surface area contributed by atoms with E-state index in [1.807, 2.05) is 19.1 Å². The summed E-state index contributed by atoms with van der Waals surface area (Å²) in [6.45, 7) is 4.61. The van der Waals surface area contributed by atoms with Crippen molar-refractivity contribution in [3.05, 3.63) is 52.8 Å². The molecule has 1 fully saturated rings. The SMILES string of the molecule is Cc1cc(C(=O)NC2CCCCCC2)nc(NCc2ccccc2C)n1. The molecule has 0 aliphatic heterocycles. The number of rotatable bonds is 5. The van der Waals surface area contributed by atoms with Crippen LogP contribution in [0.4, 0.5) is 5.95 Å². The van der Waals surface area contributed by atoms with Crippen LogP contribution < -0.4 is 10.6 Å². The zero-order valence-corrected chi connectivity index (χ0v) is 15.7. The Morgan fingerprint density at radius 3 is 2.54 bits per heavy atom. The zero-order chi connectivity index (χ0) is 18.4. The van der Waals surface area contributed by atoms with Gasteiger partial charge in [0.1, 0.15) is 5.69 Å². The van der Waals surface area contributed by atoms with Crippen LogP contribution in [0.25, 0.3) is 0 Å². The molecule has 0 atom stereocenters. The smallest absolute Gasteiger partial charge is 0.270 e. The Bertz CT molecular complexity index is 751. The van der Waals surface area contributed by atoms with Gasteiger partial charge in [0.25, 0.3) is 5.91 Å². The van der Waals surface area contributed by atoms with Gasteiger partial charge in [0, 0.05) is 18.3 Å². The molecule has 0 spiro atoms. The number of nitrogens with zero attached hydrogens (tertiary/aromatic N) is 2. The highest BCUT2D eigenvalue weighted by atomic mass is 16.1. The van der Waals surface area contributed by atoms with Crippen molar-refractivity contribution in [2.45, 2.75) is 65.0 Å². The number of nitrogens with one attached hydrogen (secondary N) is 2. The number of hydrogen-bond acceptors (Lipinski definition) is 4. The van der Waals surface area contributed by atoms with Gasteiger partial charge in [-0.25, -0.2) is 9.97 Å². The lowest BCUT2D eigenvalue weighted by Gasteiger charge is -2.16. The van der Waals surface area contributed by atoms with E-state index in [0.717, 1.165) is 18.5 Å². The Labute approximate surface area is 155 Å². The van der Waals surface area contributed by atoms with Gasteiger partial charge in [-0.1, -0.05) is 49.9 Å². The lowest BCUT2D eigenvalue weighted by molar-refractivity contribution is 0.0928. The van der Waals surface area contributed by atoms with Gasteiger partial charge < -0.3 is 10.6 Å². The van der Waals surface area contributed by atoms with Crippen LogP contribution in [-0.2, 0) is 6.54 Å². The van der Waals surface area contributed by atoms with Crippen LogP contribution in [0.1, 0.15) is 65.8 Å². The van der Waals surface area contributed by atoms with Crippen molar-refractivity contribution in [1.29, 1.82) is 0 Å². The predicted molar refractivity (Wildman–Crippen MR) is 104 cm³/mol. The van der Waals surface area contributed by atoms with E-state index >= 15 is 0 Å². The third-order valence-corrected chi connectivity index (χ3v) is 4.98. The molecule has 0 saturated heterocycles. The molecule has 2 aromatic rings. The molecular weight excluding hydrogens is 324 g/mol. The van der Waals surface area contributed by atoms with Crippen molar-refractivity contribution in [3.8, 4) is 0 Å². The Morgan fingerprint density at radius 1 is 1.08 bits per heavy atom. The van der Waals surface area contributed by atoms with E-state index in [-0.39, 0.29) is 11.9 Å². The molecule has 0 unspecified atom stereocenters. The first-order valence-electron chi connectivity index (χ1n) is 9.57. The Morgan fingerprint density at radius 2 is 1.81 bits per heavy atom. The summed E-state index contributed by atoms with van der Waals surface area (Å²) in [5.74, 6) is 0.403. The second-order valence-electron chi connectivity index (χ2n) is 7.16. The first kappa shape index (κ1) is 18.4. The fourth-order valence-corrected chi connectivity index (χ4v) is 3.43. The largest absolute Gasteiger partial charge is 0.350 e. The van der Waals surface area contributed by atoms with Gasteiger partial charge in [0.05, 0.1) is 0 Å². The van der Waals surface area contributed by atoms with Gasteiger partial charge in [0.2, 0.25) is 5.95 Å². The molecule has 5 nitrogen and oxygen atoms in total. The van der Waals surface area contributed by atoms with Crippen LogP contribution >= 0.6 is 0 Å². The van der Waals surface area contributed by atoms with E-state index in [2.05, 4.69) is 39.7 Å². The molecule has 1 saturated carbocycles. The quantitative estimate of drug-likeness (QED) is 0.793. The summed E-state index contributed by atoms with van der Waals surface area (Å²) in [6, 6.07) is 10.2. The van der Waals surface area contributed by atoms with Gasteiger partial charge in [-0.05, 0) is 43.9 Å². The minimum absolute atomic E-state index is 0.0960. The maximum atomic E-state index is 12.6. The molecule has 2 N–H and O–H groups in total. The minimum Gasteiger partial charge on any atom is -0.350 e. The molecule has 0 bridgehead atoms. The number of aryl methyl sites for hydroxylation is 2. The Kier molecular flexibility index (Phi) is 6.21. The molecule has 1 amide bonds. The van der Waals surface area contributed by atoms with Gasteiger partial charge in [-0.3, -0.25) is 4.79 Å². The number of benzene rings is 1. The van der Waals surface area contributed by atoms with Crippen molar-refractivity contribution >= 4 is 11.9 Å². The van der Waals surface area contributed by atoms with E-state index < -0.39 is 0 Å². The number of carbonyl (C=O) groups is 1. The lowest BCUT2D eigenvalue weighted by Crippen LogP contribution is -2.35. The third kappa shape index (κ3) is 5.04. The molecule has 1 aromatic heterocycles. The molecular formula is C21H28N4O. The van der Waals surface area contributed by atoms with Crippen molar-refractivity contribution in [2.24, 2.45) is 0 Å². The van der Waals surface area contributed by atoms with Crippen LogP contribution in [-0.4, -0.2) is 21.9 Å². The van der Waals surface area contributed by atoms with E-state index in [1.54, 1.807) is 6.07 Å². The fourth-order valence-electron chi connectivity index (χ4n) is 3.43. The maximum absolute atomic E-state index is 12.6. The highest BCUT2D eigenvalue weighted by Gasteiger charge is 2.17. The molecule has 0 radical (unpaired) electrons. The van der Waals surface area contributed by atoms with E-state index in [1.165, 1.54) is 36.8 Å². The van der Waals surface area contributed by atoms with E-state index in [9.17, 15) is 4.79 Å². The van der Waals surface area contributed by atoms with Crippen LogP contribution in [0.3, 0.4) is 0 Å². The lowest BCUT2D eigenvalue weighted by atomic mass is 10.1. The molecule has 1 aromatic carbocycles. The number of aromatic nitrogens is 2. The number of hydrogen-bond donors (Lipinski definition) is 2. The fraction of sp³-hybridized carbons (Fsp3) is 0.476. The minimum atomic E-state index is -0.0960. The number of anilines is 1. The van der Waals surface area contributed by atoms with Gasteiger partial charge in [-0.2, -0.15) is 0 Å². The first-order chi connectivity index (χ1) is 12.6. The van der Waals surface area contributed by atoms with E-state index in [4.69, 9.17) is 0 Å². The molecule has 1 aliphatic rings. The molecule has 26 heavy (non-hydrogen) atoms. The van der Waals surface area contributed by atoms with Crippen LogP contribution in [0, 0.1) is 13.8 Å². The number of carbonyl (C=O) groups excluding carboxylic acids is 1. The summed E-state index contributed by atoms with van der Waals surface area (Å²) >= 11 is 0. The number of amides is 1. The Hall–Kier alpha value is -2.43. The predicted octanol–water partition coefficient (Wildman–Crippen LogP) is 4.16. The second kappa shape index (κ2) is 8.79. The van der Waals surface area contributed by atoms with Gasteiger partial charge >= 0.3 is 0 Å². The highest BCUT2D eigenvalue weighted by Crippen LogP contribution is 2.18. The van der Waals surface area contributed by atoms with E-state index in [0.29, 0.717) is 18.2 Å². The normalized spacial score (nSPS) is 15.3.